The lowest BCUT2D eigenvalue weighted by Crippen LogP contribution is -2.16. The first-order chi connectivity index (χ1) is 6.48. The molecule has 1 rings (SSSR count). The van der Waals surface area contributed by atoms with E-state index in [1.54, 1.807) is 25.1 Å². The molecule has 0 saturated heterocycles. The third kappa shape index (κ3) is 2.28. The van der Waals surface area contributed by atoms with Crippen LogP contribution in [0.1, 0.15) is 20.3 Å². The van der Waals surface area contributed by atoms with Gasteiger partial charge in [-0.05, 0) is 31.5 Å². The Morgan fingerprint density at radius 3 is 2.57 bits per heavy atom. The summed E-state index contributed by atoms with van der Waals surface area (Å²) in [6.45, 7) is 3.56. The molecule has 0 fully saturated rings. The second-order valence-corrected chi connectivity index (χ2v) is 6.02. The van der Waals surface area contributed by atoms with Crippen molar-refractivity contribution in [1.82, 2.24) is 0 Å². The molecule has 14 heavy (non-hydrogen) atoms. The third-order valence-electron chi connectivity index (χ3n) is 2.23. The maximum absolute atomic E-state index is 11.9. The Kier molecular flexibility index (Phi) is 3.56. The van der Waals surface area contributed by atoms with Crippen LogP contribution in [0, 0.1) is 0 Å². The minimum Gasteiger partial charge on any atom is -0.223 e. The van der Waals surface area contributed by atoms with Gasteiger partial charge >= 0.3 is 0 Å². The van der Waals surface area contributed by atoms with Crippen molar-refractivity contribution < 1.29 is 8.42 Å². The molecule has 0 radical (unpaired) electrons. The van der Waals surface area contributed by atoms with Crippen molar-refractivity contribution in [3.05, 3.63) is 29.3 Å². The second kappa shape index (κ2) is 4.32. The predicted octanol–water partition coefficient (Wildman–Crippen LogP) is 2.91. The van der Waals surface area contributed by atoms with Gasteiger partial charge in [-0.3, -0.25) is 0 Å². The molecule has 2 nitrogen and oxygen atoms in total. The summed E-state index contributed by atoms with van der Waals surface area (Å²) in [6.07, 6.45) is 0.606. The van der Waals surface area contributed by atoms with Gasteiger partial charge in [0.05, 0.1) is 10.1 Å². The number of sulfone groups is 1. The second-order valence-electron chi connectivity index (χ2n) is 3.22. The van der Waals surface area contributed by atoms with Crippen molar-refractivity contribution in [1.29, 1.82) is 0 Å². The van der Waals surface area contributed by atoms with Gasteiger partial charge in [0.1, 0.15) is 0 Å². The van der Waals surface area contributed by atoms with E-state index in [1.807, 2.05) is 6.92 Å². The lowest BCUT2D eigenvalue weighted by molar-refractivity contribution is 0.581. The highest BCUT2D eigenvalue weighted by Crippen LogP contribution is 2.20. The molecule has 1 aromatic rings. The van der Waals surface area contributed by atoms with Gasteiger partial charge in [0, 0.05) is 5.02 Å². The summed E-state index contributed by atoms with van der Waals surface area (Å²) in [5, 5.41) is 0.0929. The molecule has 0 amide bonds. The van der Waals surface area contributed by atoms with Crippen molar-refractivity contribution in [3.8, 4) is 0 Å². The molecule has 0 saturated carbocycles. The molecule has 1 atom stereocenters. The number of hydrogen-bond donors (Lipinski definition) is 0. The molecule has 0 aliphatic rings. The Bertz CT molecular complexity index is 412. The molecule has 0 aliphatic carbocycles. The van der Waals surface area contributed by atoms with Crippen LogP contribution in [0.15, 0.2) is 29.2 Å². The molecular formula is C10H13ClO2S. The van der Waals surface area contributed by atoms with Gasteiger partial charge in [0.2, 0.25) is 0 Å². The molecule has 1 unspecified atom stereocenters. The van der Waals surface area contributed by atoms with Crippen LogP contribution in [0.2, 0.25) is 5.02 Å². The molecule has 78 valence electrons. The molecule has 0 spiro atoms. The van der Waals surface area contributed by atoms with E-state index in [1.165, 1.54) is 6.07 Å². The van der Waals surface area contributed by atoms with Crippen LogP contribution in [0.4, 0.5) is 0 Å². The number of halogens is 1. The smallest absolute Gasteiger partial charge is 0.180 e. The first kappa shape index (κ1) is 11.5. The zero-order valence-electron chi connectivity index (χ0n) is 8.20. The van der Waals surface area contributed by atoms with Crippen LogP contribution in [0.5, 0.6) is 0 Å². The summed E-state index contributed by atoms with van der Waals surface area (Å²) in [4.78, 5) is 0.305. The Morgan fingerprint density at radius 1 is 1.43 bits per heavy atom. The first-order valence-electron chi connectivity index (χ1n) is 4.48. The Morgan fingerprint density at radius 2 is 2.07 bits per heavy atom. The van der Waals surface area contributed by atoms with E-state index in [0.717, 1.165) is 0 Å². The first-order valence-corrected chi connectivity index (χ1v) is 6.40. The highest BCUT2D eigenvalue weighted by Gasteiger charge is 2.21. The van der Waals surface area contributed by atoms with Crippen LogP contribution >= 0.6 is 11.6 Å². The van der Waals surface area contributed by atoms with Crippen LogP contribution in [-0.4, -0.2) is 13.7 Å². The van der Waals surface area contributed by atoms with Gasteiger partial charge in [-0.25, -0.2) is 8.42 Å². The number of rotatable bonds is 3. The molecule has 0 heterocycles. The van der Waals surface area contributed by atoms with Gasteiger partial charge in [0.15, 0.2) is 9.84 Å². The van der Waals surface area contributed by atoms with Crippen molar-refractivity contribution in [2.45, 2.75) is 30.4 Å². The lowest BCUT2D eigenvalue weighted by atomic mass is 10.4. The summed E-state index contributed by atoms with van der Waals surface area (Å²) in [7, 11) is -3.20. The summed E-state index contributed by atoms with van der Waals surface area (Å²) in [6, 6.07) is 6.38. The quantitative estimate of drug-likeness (QED) is 0.803. The Labute approximate surface area is 89.8 Å². The molecule has 0 N–H and O–H groups in total. The van der Waals surface area contributed by atoms with Crippen LogP contribution in [0.3, 0.4) is 0 Å². The lowest BCUT2D eigenvalue weighted by Gasteiger charge is -2.10. The minimum absolute atomic E-state index is 0.305. The fraction of sp³-hybridized carbons (Fsp3) is 0.400. The highest BCUT2D eigenvalue weighted by atomic mass is 35.5. The zero-order valence-corrected chi connectivity index (χ0v) is 9.77. The fourth-order valence-electron chi connectivity index (χ4n) is 1.10. The third-order valence-corrected chi connectivity index (χ3v) is 4.77. The summed E-state index contributed by atoms with van der Waals surface area (Å²) in [5.41, 5.74) is 0. The van der Waals surface area contributed by atoms with E-state index in [-0.39, 0.29) is 5.25 Å². The van der Waals surface area contributed by atoms with E-state index in [4.69, 9.17) is 11.6 Å². The van der Waals surface area contributed by atoms with E-state index in [0.29, 0.717) is 16.3 Å². The van der Waals surface area contributed by atoms with Crippen LogP contribution < -0.4 is 0 Å². The molecule has 0 aliphatic heterocycles. The van der Waals surface area contributed by atoms with Crippen molar-refractivity contribution in [2.24, 2.45) is 0 Å². The van der Waals surface area contributed by atoms with Gasteiger partial charge in [-0.15, -0.1) is 0 Å². The van der Waals surface area contributed by atoms with Gasteiger partial charge in [-0.2, -0.15) is 0 Å². The average Bonchev–Trinajstić information content (AvgIpc) is 2.16. The van der Waals surface area contributed by atoms with E-state index in [2.05, 4.69) is 0 Å². The van der Waals surface area contributed by atoms with Gasteiger partial charge in [-0.1, -0.05) is 24.6 Å². The Balaban J connectivity index is 3.17. The topological polar surface area (TPSA) is 34.1 Å². The SMILES string of the molecule is CCC(C)S(=O)(=O)c1cccc(Cl)c1. The molecular weight excluding hydrogens is 220 g/mol. The molecule has 4 heteroatoms. The van der Waals surface area contributed by atoms with Crippen LogP contribution in [0.25, 0.3) is 0 Å². The maximum Gasteiger partial charge on any atom is 0.180 e. The largest absolute Gasteiger partial charge is 0.223 e. The Hall–Kier alpha value is -0.540. The van der Waals surface area contributed by atoms with E-state index < -0.39 is 9.84 Å². The number of hydrogen-bond acceptors (Lipinski definition) is 2. The molecule has 0 aromatic heterocycles. The summed E-state index contributed by atoms with van der Waals surface area (Å²) in [5.74, 6) is 0. The molecule has 0 bridgehead atoms. The zero-order chi connectivity index (χ0) is 10.8. The fourth-order valence-corrected chi connectivity index (χ4v) is 2.81. The van der Waals surface area contributed by atoms with E-state index in [9.17, 15) is 8.42 Å². The highest BCUT2D eigenvalue weighted by molar-refractivity contribution is 7.92. The normalized spacial score (nSPS) is 13.9. The van der Waals surface area contributed by atoms with Crippen molar-refractivity contribution in [3.63, 3.8) is 0 Å². The minimum atomic E-state index is -3.20. The summed E-state index contributed by atoms with van der Waals surface area (Å²) < 4.78 is 23.7. The summed E-state index contributed by atoms with van der Waals surface area (Å²) >= 11 is 5.73. The predicted molar refractivity (Wildman–Crippen MR) is 58.4 cm³/mol. The average molecular weight is 233 g/mol. The van der Waals surface area contributed by atoms with Gasteiger partial charge in [0.25, 0.3) is 0 Å². The standard InChI is InChI=1S/C10H13ClO2S/c1-3-8(2)14(12,13)10-6-4-5-9(11)7-10/h4-8H,3H2,1-2H3. The maximum atomic E-state index is 11.9. The van der Waals surface area contributed by atoms with E-state index >= 15 is 0 Å². The van der Waals surface area contributed by atoms with Crippen molar-refractivity contribution in [2.75, 3.05) is 0 Å². The monoisotopic (exact) mass is 232 g/mol. The number of benzene rings is 1. The van der Waals surface area contributed by atoms with Crippen molar-refractivity contribution >= 4 is 21.4 Å². The molecule has 1 aromatic carbocycles. The van der Waals surface area contributed by atoms with Gasteiger partial charge < -0.3 is 0 Å². The van der Waals surface area contributed by atoms with Crippen LogP contribution in [-0.2, 0) is 9.84 Å².